The van der Waals surface area contributed by atoms with Gasteiger partial charge in [-0.2, -0.15) is 0 Å². The minimum atomic E-state index is -5.17. The van der Waals surface area contributed by atoms with E-state index in [9.17, 15) is 4.79 Å². The summed E-state index contributed by atoms with van der Waals surface area (Å²) in [6, 6.07) is -0.380. The third kappa shape index (κ3) is 31.4. The number of hydrogen-bond acceptors (Lipinski definition) is 6. The van der Waals surface area contributed by atoms with Crippen molar-refractivity contribution < 1.29 is 65.1 Å². The van der Waals surface area contributed by atoms with Crippen LogP contribution in [0.25, 0.3) is 0 Å². The van der Waals surface area contributed by atoms with Crippen LogP contribution in [0.3, 0.4) is 0 Å². The van der Waals surface area contributed by atoms with E-state index in [2.05, 4.69) is 0 Å². The van der Waals surface area contributed by atoms with Crippen LogP contribution in [0.4, 0.5) is 0 Å². The van der Waals surface area contributed by atoms with Crippen LogP contribution < -0.4 is 37.7 Å². The minimum absolute atomic E-state index is 0. The van der Waals surface area contributed by atoms with Crippen molar-refractivity contribution in [3.63, 3.8) is 0 Å². The van der Waals surface area contributed by atoms with Crippen molar-refractivity contribution in [1.29, 1.82) is 0 Å². The summed E-state index contributed by atoms with van der Waals surface area (Å²) in [6.45, 7) is 1.64. The zero-order chi connectivity index (χ0) is 11.2. The largest absolute Gasteiger partial charge is 1.00 e. The van der Waals surface area contributed by atoms with E-state index in [0.29, 0.717) is 0 Å². The third-order valence-electron chi connectivity index (χ3n) is 1.13. The molecular weight excluding hydrogens is 216 g/mol. The second-order valence-electron chi connectivity index (χ2n) is 2.39. The van der Waals surface area contributed by atoms with Crippen molar-refractivity contribution in [3.05, 3.63) is 0 Å². The molecule has 0 rings (SSSR count). The molecule has 1 atom stereocenters. The Kier molecular flexibility index (Phi) is 18.1. The molecule has 0 aliphatic rings. The van der Waals surface area contributed by atoms with E-state index in [1.165, 1.54) is 0 Å². The van der Waals surface area contributed by atoms with Gasteiger partial charge >= 0.3 is 43.7 Å². The molecule has 0 aliphatic carbocycles. The van der Waals surface area contributed by atoms with Crippen LogP contribution in [0.2, 0.25) is 0 Å². The van der Waals surface area contributed by atoms with Crippen LogP contribution in [-0.4, -0.2) is 53.6 Å². The molecule has 0 aromatic carbocycles. The average molecular weight is 227 g/mol. The predicted molar refractivity (Wildman–Crippen MR) is 41.3 cm³/mol. The van der Waals surface area contributed by atoms with Crippen LogP contribution in [0, 0.1) is 0 Å². The Morgan fingerprint density at radius 3 is 1.47 bits per heavy atom. The molecule has 0 fully saturated rings. The zero-order valence-electron chi connectivity index (χ0n) is 9.42. The zero-order valence-corrected chi connectivity index (χ0v) is 10.2. The third-order valence-corrected chi connectivity index (χ3v) is 1.13. The second-order valence-corrected chi connectivity index (χ2v) is 3.20. The molecule has 0 amide bonds. The summed E-state index contributed by atoms with van der Waals surface area (Å²) in [5, 5.41) is 8.31. The Labute approximate surface area is 113 Å². The normalized spacial score (nSPS) is 11.3. The molecule has 15 heavy (non-hydrogen) atoms. The molecule has 0 aromatic rings. The first-order chi connectivity index (χ1) is 5.55. The Hall–Kier alpha value is 0.495. The first-order valence-electron chi connectivity index (χ1n) is 3.11. The van der Waals surface area contributed by atoms with Crippen molar-refractivity contribution in [3.8, 4) is 0 Å². The monoisotopic (exact) mass is 227 g/mol. The maximum atomic E-state index is 10.1. The number of carbonyl (C=O) groups is 1. The van der Waals surface area contributed by atoms with Gasteiger partial charge in [-0.15, -0.1) is 0 Å². The Morgan fingerprint density at radius 1 is 1.27 bits per heavy atom. The van der Waals surface area contributed by atoms with E-state index in [1.54, 1.807) is 25.9 Å². The molecule has 1 N–H and O–H groups in total. The number of rotatable bonds is 2. The Balaban J connectivity index is -0.0000000770. The summed E-state index contributed by atoms with van der Waals surface area (Å²) in [5.41, 5.74) is 0. The van der Waals surface area contributed by atoms with Gasteiger partial charge in [-0.05, 0) is 21.0 Å². The van der Waals surface area contributed by atoms with Gasteiger partial charge in [0, 0.05) is 10.4 Å². The topological polar surface area (TPSA) is 121 Å². The van der Waals surface area contributed by atoms with Crippen molar-refractivity contribution >= 4 is 16.4 Å². The van der Waals surface area contributed by atoms with Crippen LogP contribution in [-0.2, 0) is 15.2 Å². The molecule has 0 radical (unpaired) electrons. The summed E-state index contributed by atoms with van der Waals surface area (Å²) in [6.07, 6.45) is 0. The number of carboxylic acids is 1. The van der Waals surface area contributed by atoms with Crippen molar-refractivity contribution in [2.45, 2.75) is 13.0 Å². The Bertz CT molecular complexity index is 246. The van der Waals surface area contributed by atoms with E-state index in [-0.39, 0.29) is 43.8 Å². The first kappa shape index (κ1) is 24.6. The van der Waals surface area contributed by atoms with Gasteiger partial charge in [0.05, 0.1) is 0 Å². The van der Waals surface area contributed by atoms with Crippen LogP contribution >= 0.6 is 0 Å². The maximum Gasteiger partial charge on any atom is 1.00 e. The van der Waals surface area contributed by atoms with Gasteiger partial charge in [-0.1, -0.05) is 0 Å². The smallest absolute Gasteiger partial charge is 0.759 e. The fraction of sp³-hybridized carbons (Fsp3) is 0.800. The van der Waals surface area contributed by atoms with Gasteiger partial charge in [0.1, 0.15) is 6.04 Å². The van der Waals surface area contributed by atoms with E-state index in [0.717, 1.165) is 0 Å². The molecule has 0 heterocycles. The van der Waals surface area contributed by atoms with Crippen molar-refractivity contribution in [1.82, 2.24) is 4.90 Å². The molecule has 0 saturated carbocycles. The SMILES string of the molecule is CC(C(=O)O)N(C)C.O=S(=O)([O-])[O-].[Li+].[Li+]. The van der Waals surface area contributed by atoms with Crippen LogP contribution in [0.15, 0.2) is 0 Å². The van der Waals surface area contributed by atoms with Gasteiger partial charge in [0.15, 0.2) is 0 Å². The van der Waals surface area contributed by atoms with Gasteiger partial charge in [0.2, 0.25) is 0 Å². The van der Waals surface area contributed by atoms with Crippen LogP contribution in [0.5, 0.6) is 0 Å². The predicted octanol–water partition coefficient (Wildman–Crippen LogP) is -7.31. The van der Waals surface area contributed by atoms with Crippen LogP contribution in [0.1, 0.15) is 6.92 Å². The molecule has 0 saturated heterocycles. The summed E-state index contributed by atoms with van der Waals surface area (Å²) < 4.78 is 34.1. The number of aliphatic carboxylic acids is 1. The molecule has 0 spiro atoms. The number of nitrogens with zero attached hydrogens (tertiary/aromatic N) is 1. The molecule has 80 valence electrons. The maximum absolute atomic E-state index is 10.1. The summed E-state index contributed by atoms with van der Waals surface area (Å²) in [7, 11) is -1.70. The average Bonchev–Trinajstić information content (AvgIpc) is 1.81. The fourth-order valence-electron chi connectivity index (χ4n) is 0.221. The molecule has 0 aliphatic heterocycles. The van der Waals surface area contributed by atoms with E-state index >= 15 is 0 Å². The minimum Gasteiger partial charge on any atom is -0.759 e. The van der Waals surface area contributed by atoms with E-state index in [1.807, 2.05) is 0 Å². The van der Waals surface area contributed by atoms with Crippen molar-refractivity contribution in [2.75, 3.05) is 14.1 Å². The van der Waals surface area contributed by atoms with Gasteiger partial charge < -0.3 is 14.2 Å². The first-order valence-corrected chi connectivity index (χ1v) is 4.45. The summed E-state index contributed by atoms with van der Waals surface area (Å²) >= 11 is 0. The van der Waals surface area contributed by atoms with Crippen molar-refractivity contribution in [2.24, 2.45) is 0 Å². The molecular formula is C5H11Li2NO6S. The Morgan fingerprint density at radius 2 is 1.47 bits per heavy atom. The number of carboxylic acid groups (broad SMARTS) is 1. The molecule has 0 aromatic heterocycles. The van der Waals surface area contributed by atoms with E-state index in [4.69, 9.17) is 22.6 Å². The molecule has 7 nitrogen and oxygen atoms in total. The summed E-state index contributed by atoms with van der Waals surface area (Å²) in [4.78, 5) is 11.7. The van der Waals surface area contributed by atoms with E-state index < -0.39 is 16.4 Å². The molecule has 0 bridgehead atoms. The fourth-order valence-corrected chi connectivity index (χ4v) is 0.221. The number of hydrogen-bond donors (Lipinski definition) is 1. The standard InChI is InChI=1S/C5H11NO2.2Li.H2O4S/c1-4(5(7)8)6(2)3;;;1-5(2,3)4/h4H,1-3H3,(H,7,8);;;(H2,1,2,3,4)/q;2*+1;/p-2. The summed E-state index contributed by atoms with van der Waals surface area (Å²) in [5.74, 6) is -0.782. The van der Waals surface area contributed by atoms with Gasteiger partial charge in [-0.3, -0.25) is 18.1 Å². The molecule has 1 unspecified atom stereocenters. The van der Waals surface area contributed by atoms with Gasteiger partial charge in [-0.25, -0.2) is 0 Å². The quantitative estimate of drug-likeness (QED) is 0.282. The second kappa shape index (κ2) is 11.0. The number of likely N-dealkylation sites (N-methyl/N-ethyl adjacent to an activating group) is 1. The molecule has 10 heteroatoms. The van der Waals surface area contributed by atoms with Gasteiger partial charge in [0.25, 0.3) is 0 Å².